The minimum absolute atomic E-state index is 0.0833. The maximum absolute atomic E-state index is 12.2. The van der Waals surface area contributed by atoms with Crippen LogP contribution in [0.25, 0.3) is 0 Å². The molecule has 1 aliphatic heterocycles. The molecule has 1 aliphatic rings. The maximum Gasteiger partial charge on any atom is 0.227 e. The van der Waals surface area contributed by atoms with Gasteiger partial charge in [0.15, 0.2) is 0 Å². The Kier molecular flexibility index (Phi) is 4.74. The minimum atomic E-state index is -0.428. The first-order valence-electron chi connectivity index (χ1n) is 6.20. The number of hydrogen-bond acceptors (Lipinski definition) is 3. The lowest BCUT2D eigenvalue weighted by atomic mass is 9.75. The van der Waals surface area contributed by atoms with Gasteiger partial charge in [-0.3, -0.25) is 4.79 Å². The first-order valence-corrected chi connectivity index (χ1v) is 6.20. The van der Waals surface area contributed by atoms with E-state index in [2.05, 4.69) is 24.5 Å². The fourth-order valence-corrected chi connectivity index (χ4v) is 2.19. The number of carbonyl (C=O) groups excluding carboxylic acids is 1. The summed E-state index contributed by atoms with van der Waals surface area (Å²) in [7, 11) is 0. The van der Waals surface area contributed by atoms with Crippen LogP contribution in [0.4, 0.5) is 0 Å². The molecule has 16 heavy (non-hydrogen) atoms. The minimum Gasteiger partial charge on any atom is -0.391 e. The Hall–Kier alpha value is -0.610. The molecule has 0 aliphatic carbocycles. The van der Waals surface area contributed by atoms with Crippen LogP contribution in [-0.2, 0) is 4.79 Å². The van der Waals surface area contributed by atoms with Gasteiger partial charge in [0, 0.05) is 13.1 Å². The molecule has 1 heterocycles. The number of aliphatic hydroxyl groups excluding tert-OH is 1. The highest BCUT2D eigenvalue weighted by atomic mass is 16.3. The molecule has 1 rings (SSSR count). The first kappa shape index (κ1) is 13.5. The number of rotatable bonds is 5. The Morgan fingerprint density at radius 2 is 2.25 bits per heavy atom. The molecule has 4 heteroatoms. The van der Waals surface area contributed by atoms with E-state index in [9.17, 15) is 9.90 Å². The summed E-state index contributed by atoms with van der Waals surface area (Å²) in [4.78, 5) is 12.2. The topological polar surface area (TPSA) is 61.4 Å². The van der Waals surface area contributed by atoms with Gasteiger partial charge < -0.3 is 15.7 Å². The second-order valence-electron chi connectivity index (χ2n) is 5.01. The molecular formula is C12H24N2O2. The van der Waals surface area contributed by atoms with Gasteiger partial charge in [0.1, 0.15) is 0 Å². The van der Waals surface area contributed by atoms with Crippen molar-refractivity contribution in [1.29, 1.82) is 0 Å². The van der Waals surface area contributed by atoms with Gasteiger partial charge in [-0.25, -0.2) is 0 Å². The van der Waals surface area contributed by atoms with Gasteiger partial charge >= 0.3 is 0 Å². The summed E-state index contributed by atoms with van der Waals surface area (Å²) in [5.41, 5.74) is -0.284. The van der Waals surface area contributed by atoms with E-state index in [1.54, 1.807) is 0 Å². The molecule has 0 aromatic carbocycles. The first-order chi connectivity index (χ1) is 7.53. The normalized spacial score (nSPS) is 27.1. The molecule has 1 saturated heterocycles. The van der Waals surface area contributed by atoms with E-state index in [1.807, 2.05) is 6.92 Å². The Morgan fingerprint density at radius 1 is 1.56 bits per heavy atom. The molecule has 0 bridgehead atoms. The van der Waals surface area contributed by atoms with E-state index in [4.69, 9.17) is 0 Å². The number of carbonyl (C=O) groups is 1. The lowest BCUT2D eigenvalue weighted by molar-refractivity contribution is -0.132. The van der Waals surface area contributed by atoms with Crippen molar-refractivity contribution < 1.29 is 9.90 Å². The highest BCUT2D eigenvalue weighted by molar-refractivity contribution is 5.83. The fraction of sp³-hybridized carbons (Fsp3) is 0.917. The van der Waals surface area contributed by atoms with Gasteiger partial charge in [-0.15, -0.1) is 0 Å². The Labute approximate surface area is 97.8 Å². The van der Waals surface area contributed by atoms with Crippen molar-refractivity contribution >= 4 is 5.91 Å². The van der Waals surface area contributed by atoms with Gasteiger partial charge in [0.25, 0.3) is 0 Å². The SMILES string of the molecule is CCC(O)CNC(=O)C1(C(C)C)CCNC1. The number of hydrogen-bond donors (Lipinski definition) is 3. The zero-order valence-corrected chi connectivity index (χ0v) is 10.5. The summed E-state index contributed by atoms with van der Waals surface area (Å²) in [6, 6.07) is 0. The second kappa shape index (κ2) is 5.64. The molecule has 2 atom stereocenters. The molecule has 0 saturated carbocycles. The lowest BCUT2D eigenvalue weighted by Crippen LogP contribution is -2.47. The van der Waals surface area contributed by atoms with Crippen molar-refractivity contribution in [3.05, 3.63) is 0 Å². The average Bonchev–Trinajstić information content (AvgIpc) is 2.75. The molecule has 1 amide bonds. The highest BCUT2D eigenvalue weighted by Gasteiger charge is 2.43. The molecule has 1 fully saturated rings. The summed E-state index contributed by atoms with van der Waals surface area (Å²) < 4.78 is 0. The van der Waals surface area contributed by atoms with Crippen LogP contribution < -0.4 is 10.6 Å². The van der Waals surface area contributed by atoms with Crippen molar-refractivity contribution in [3.63, 3.8) is 0 Å². The van der Waals surface area contributed by atoms with Crippen LogP contribution in [0, 0.1) is 11.3 Å². The maximum atomic E-state index is 12.2. The summed E-state index contributed by atoms with van der Waals surface area (Å²) in [5, 5.41) is 15.6. The highest BCUT2D eigenvalue weighted by Crippen LogP contribution is 2.34. The zero-order chi connectivity index (χ0) is 12.2. The lowest BCUT2D eigenvalue weighted by Gasteiger charge is -2.31. The third kappa shape index (κ3) is 2.74. The Morgan fingerprint density at radius 3 is 2.69 bits per heavy atom. The Bertz CT molecular complexity index is 235. The second-order valence-corrected chi connectivity index (χ2v) is 5.01. The van der Waals surface area contributed by atoms with Crippen molar-refractivity contribution in [1.82, 2.24) is 10.6 Å². The van der Waals surface area contributed by atoms with Gasteiger partial charge in [0.2, 0.25) is 5.91 Å². The van der Waals surface area contributed by atoms with E-state index in [0.29, 0.717) is 18.9 Å². The zero-order valence-electron chi connectivity index (χ0n) is 10.5. The Balaban J connectivity index is 2.55. The van der Waals surface area contributed by atoms with Crippen LogP contribution in [0.3, 0.4) is 0 Å². The van der Waals surface area contributed by atoms with Crippen molar-refractivity contribution in [3.8, 4) is 0 Å². The molecule has 0 spiro atoms. The van der Waals surface area contributed by atoms with Crippen LogP contribution in [0.5, 0.6) is 0 Å². The summed E-state index contributed by atoms with van der Waals surface area (Å²) >= 11 is 0. The van der Waals surface area contributed by atoms with E-state index in [0.717, 1.165) is 19.5 Å². The van der Waals surface area contributed by atoms with E-state index in [-0.39, 0.29) is 11.3 Å². The average molecular weight is 228 g/mol. The molecule has 94 valence electrons. The third-order valence-corrected chi connectivity index (χ3v) is 3.72. The van der Waals surface area contributed by atoms with Crippen LogP contribution in [0.1, 0.15) is 33.6 Å². The van der Waals surface area contributed by atoms with E-state index < -0.39 is 6.10 Å². The number of aliphatic hydroxyl groups is 1. The van der Waals surface area contributed by atoms with Crippen LogP contribution >= 0.6 is 0 Å². The monoisotopic (exact) mass is 228 g/mol. The number of amides is 1. The van der Waals surface area contributed by atoms with Crippen molar-refractivity contribution in [2.45, 2.75) is 39.7 Å². The summed E-state index contributed by atoms with van der Waals surface area (Å²) in [5.74, 6) is 0.404. The smallest absolute Gasteiger partial charge is 0.227 e. The van der Waals surface area contributed by atoms with E-state index >= 15 is 0 Å². The van der Waals surface area contributed by atoms with Gasteiger partial charge in [-0.05, 0) is 25.3 Å². The van der Waals surface area contributed by atoms with Gasteiger partial charge in [-0.2, -0.15) is 0 Å². The predicted molar refractivity (Wildman–Crippen MR) is 64.1 cm³/mol. The molecule has 3 N–H and O–H groups in total. The van der Waals surface area contributed by atoms with Crippen molar-refractivity contribution in [2.75, 3.05) is 19.6 Å². The quantitative estimate of drug-likeness (QED) is 0.642. The fourth-order valence-electron chi connectivity index (χ4n) is 2.19. The van der Waals surface area contributed by atoms with Crippen LogP contribution in [0.15, 0.2) is 0 Å². The number of nitrogens with one attached hydrogen (secondary N) is 2. The molecule has 0 aromatic rings. The van der Waals surface area contributed by atoms with Crippen LogP contribution in [0.2, 0.25) is 0 Å². The van der Waals surface area contributed by atoms with Crippen molar-refractivity contribution in [2.24, 2.45) is 11.3 Å². The third-order valence-electron chi connectivity index (χ3n) is 3.72. The van der Waals surface area contributed by atoms with Gasteiger partial charge in [-0.1, -0.05) is 20.8 Å². The van der Waals surface area contributed by atoms with E-state index in [1.165, 1.54) is 0 Å². The predicted octanol–water partition coefficient (Wildman–Crippen LogP) is 0.509. The molecular weight excluding hydrogens is 204 g/mol. The standard InChI is InChI=1S/C12H24N2O2/c1-4-10(15)7-14-11(16)12(9(2)3)5-6-13-8-12/h9-10,13,15H,4-8H2,1-3H3,(H,14,16). The molecule has 4 nitrogen and oxygen atoms in total. The summed E-state index contributed by atoms with van der Waals surface area (Å²) in [6.07, 6.45) is 1.13. The van der Waals surface area contributed by atoms with Crippen LogP contribution in [-0.4, -0.2) is 36.8 Å². The van der Waals surface area contributed by atoms with Gasteiger partial charge in [0.05, 0.1) is 11.5 Å². The largest absolute Gasteiger partial charge is 0.391 e. The summed E-state index contributed by atoms with van der Waals surface area (Å²) in [6.45, 7) is 8.10. The molecule has 0 aromatic heterocycles. The molecule has 0 radical (unpaired) electrons. The molecule has 2 unspecified atom stereocenters.